The molecule has 0 saturated carbocycles. The minimum atomic E-state index is -4.90. The third-order valence-electron chi connectivity index (χ3n) is 5.79. The molecule has 1 aromatic heterocycles. The summed E-state index contributed by atoms with van der Waals surface area (Å²) in [5.41, 5.74) is -2.62. The minimum Gasteiger partial charge on any atom is -0.354 e. The van der Waals surface area contributed by atoms with Crippen LogP contribution in [0.2, 0.25) is 0 Å². The smallest absolute Gasteiger partial charge is 0.354 e. The maximum Gasteiger partial charge on any atom is 0.438 e. The molecule has 1 unspecified atom stereocenters. The van der Waals surface area contributed by atoms with Crippen LogP contribution in [0.3, 0.4) is 0 Å². The molecule has 0 bridgehead atoms. The van der Waals surface area contributed by atoms with Gasteiger partial charge in [0.05, 0.1) is 11.0 Å². The van der Waals surface area contributed by atoms with E-state index in [-0.39, 0.29) is 11.0 Å². The number of amides is 1. The van der Waals surface area contributed by atoms with Gasteiger partial charge in [0.15, 0.2) is 0 Å². The van der Waals surface area contributed by atoms with Crippen molar-refractivity contribution in [1.82, 2.24) is 24.7 Å². The number of para-hydroxylation sites is 2. The Hall–Kier alpha value is -2.46. The number of hydrogen-bond donors (Lipinski definition) is 1. The molecule has 1 aromatic carbocycles. The van der Waals surface area contributed by atoms with Gasteiger partial charge in [0, 0.05) is 32.7 Å². The largest absolute Gasteiger partial charge is 0.438 e. The normalized spacial score (nSPS) is 16.9. The molecule has 2 aromatic rings. The van der Waals surface area contributed by atoms with E-state index in [2.05, 4.69) is 27.0 Å². The molecule has 1 atom stereocenters. The van der Waals surface area contributed by atoms with Gasteiger partial charge >= 0.3 is 6.18 Å². The van der Waals surface area contributed by atoms with Crippen molar-refractivity contribution in [1.29, 1.82) is 0 Å². The lowest BCUT2D eigenvalue weighted by Crippen LogP contribution is -2.47. The molecule has 176 valence electrons. The van der Waals surface area contributed by atoms with Crippen LogP contribution in [0.1, 0.15) is 38.4 Å². The summed E-state index contributed by atoms with van der Waals surface area (Å²) in [5.74, 6) is -0.496. The molecule has 1 saturated heterocycles. The van der Waals surface area contributed by atoms with E-state index in [0.29, 0.717) is 6.54 Å². The van der Waals surface area contributed by atoms with E-state index >= 15 is 0 Å². The number of aromatic nitrogens is 2. The molecular weight excluding hydrogens is 423 g/mol. The van der Waals surface area contributed by atoms with Gasteiger partial charge in [-0.15, -0.1) is 0 Å². The molecule has 0 aliphatic carbocycles. The number of rotatable bonds is 8. The van der Waals surface area contributed by atoms with Gasteiger partial charge in [-0.05, 0) is 45.0 Å². The van der Waals surface area contributed by atoms with Crippen molar-refractivity contribution < 1.29 is 18.0 Å². The summed E-state index contributed by atoms with van der Waals surface area (Å²) in [6.07, 6.45) is -3.03. The summed E-state index contributed by atoms with van der Waals surface area (Å²) in [6.45, 7) is 9.99. The molecule has 7 nitrogen and oxygen atoms in total. The first-order valence-corrected chi connectivity index (χ1v) is 11.0. The molecule has 10 heteroatoms. The molecule has 1 aliphatic rings. The van der Waals surface area contributed by atoms with Crippen LogP contribution in [0.5, 0.6) is 0 Å². The van der Waals surface area contributed by atoms with Crippen molar-refractivity contribution in [3.05, 3.63) is 40.3 Å². The van der Waals surface area contributed by atoms with Gasteiger partial charge in [-0.3, -0.25) is 14.2 Å². The Labute approximate surface area is 185 Å². The second kappa shape index (κ2) is 10.4. The Morgan fingerprint density at radius 1 is 1.12 bits per heavy atom. The van der Waals surface area contributed by atoms with Crippen molar-refractivity contribution in [3.63, 3.8) is 0 Å². The molecule has 1 fully saturated rings. The summed E-state index contributed by atoms with van der Waals surface area (Å²) >= 11 is 0. The lowest BCUT2D eigenvalue weighted by Gasteiger charge is -2.34. The fourth-order valence-electron chi connectivity index (χ4n) is 4.06. The fraction of sp³-hybridized carbons (Fsp3) is 0.591. The van der Waals surface area contributed by atoms with E-state index in [1.54, 1.807) is 6.07 Å². The number of hydrogen-bond acceptors (Lipinski definition) is 5. The number of carbonyl (C=O) groups is 1. The van der Waals surface area contributed by atoms with Crippen molar-refractivity contribution >= 4 is 16.9 Å². The SMILES string of the molecule is CCCN1CCN(CCCNC(=O)C(C)n2c(=O)c(C(F)(F)F)nc3ccccc32)CC1. The Balaban J connectivity index is 1.62. The number of piperazine rings is 1. The number of alkyl halides is 3. The highest BCUT2D eigenvalue weighted by Crippen LogP contribution is 2.27. The molecular formula is C22H30F3N5O2. The number of fused-ring (bicyclic) bond motifs is 1. The fourth-order valence-corrected chi connectivity index (χ4v) is 4.06. The topological polar surface area (TPSA) is 70.5 Å². The van der Waals surface area contributed by atoms with Crippen LogP contribution in [-0.4, -0.2) is 71.1 Å². The quantitative estimate of drug-likeness (QED) is 0.622. The minimum absolute atomic E-state index is 0.0151. The molecule has 1 aliphatic heterocycles. The monoisotopic (exact) mass is 453 g/mol. The highest BCUT2D eigenvalue weighted by atomic mass is 19.4. The van der Waals surface area contributed by atoms with Crippen molar-refractivity contribution in [2.24, 2.45) is 0 Å². The Morgan fingerprint density at radius 2 is 1.75 bits per heavy atom. The van der Waals surface area contributed by atoms with Gasteiger partial charge in [0.1, 0.15) is 6.04 Å². The predicted octanol–water partition coefficient (Wildman–Crippen LogP) is 2.51. The standard InChI is InChI=1S/C22H30F3N5O2/c1-3-10-28-12-14-29(15-13-28)11-6-9-26-20(31)16(2)30-18-8-5-4-7-17(18)27-19(21(30)32)22(23,24)25/h4-5,7-8,16H,3,6,9-15H2,1-2H3,(H,26,31). The van der Waals surface area contributed by atoms with E-state index < -0.39 is 29.4 Å². The first kappa shape index (κ1) is 24.2. The van der Waals surface area contributed by atoms with Gasteiger partial charge in [-0.2, -0.15) is 13.2 Å². The summed E-state index contributed by atoms with van der Waals surface area (Å²) in [4.78, 5) is 33.5. The summed E-state index contributed by atoms with van der Waals surface area (Å²) < 4.78 is 40.9. The molecule has 0 spiro atoms. The Morgan fingerprint density at radius 3 is 2.38 bits per heavy atom. The van der Waals surface area contributed by atoms with Crippen molar-refractivity contribution in [2.75, 3.05) is 45.8 Å². The van der Waals surface area contributed by atoms with Crippen molar-refractivity contribution in [2.45, 2.75) is 38.9 Å². The van der Waals surface area contributed by atoms with Crippen LogP contribution in [0, 0.1) is 0 Å². The van der Waals surface area contributed by atoms with E-state index in [0.717, 1.165) is 56.7 Å². The average molecular weight is 454 g/mol. The zero-order chi connectivity index (χ0) is 23.3. The third-order valence-corrected chi connectivity index (χ3v) is 5.79. The van der Waals surface area contributed by atoms with E-state index in [1.807, 2.05) is 0 Å². The molecule has 1 N–H and O–H groups in total. The van der Waals surface area contributed by atoms with Gasteiger partial charge in [-0.25, -0.2) is 4.98 Å². The highest BCUT2D eigenvalue weighted by molar-refractivity contribution is 5.83. The van der Waals surface area contributed by atoms with Gasteiger partial charge in [-0.1, -0.05) is 19.1 Å². The zero-order valence-electron chi connectivity index (χ0n) is 18.5. The van der Waals surface area contributed by atoms with Gasteiger partial charge in [0.25, 0.3) is 5.56 Å². The lowest BCUT2D eigenvalue weighted by molar-refractivity contribution is -0.142. The first-order chi connectivity index (χ1) is 15.2. The second-order valence-electron chi connectivity index (χ2n) is 8.13. The Kier molecular flexibility index (Phi) is 7.89. The number of benzene rings is 1. The van der Waals surface area contributed by atoms with Crippen LogP contribution in [0.15, 0.2) is 29.1 Å². The summed E-state index contributed by atoms with van der Waals surface area (Å²) in [7, 11) is 0. The number of nitrogens with one attached hydrogen (secondary N) is 1. The maximum atomic E-state index is 13.3. The third kappa shape index (κ3) is 5.66. The van der Waals surface area contributed by atoms with E-state index in [1.165, 1.54) is 25.1 Å². The van der Waals surface area contributed by atoms with E-state index in [9.17, 15) is 22.8 Å². The maximum absolute atomic E-state index is 13.3. The van der Waals surface area contributed by atoms with Crippen LogP contribution in [0.25, 0.3) is 11.0 Å². The summed E-state index contributed by atoms with van der Waals surface area (Å²) in [6, 6.07) is 4.92. The molecule has 32 heavy (non-hydrogen) atoms. The van der Waals surface area contributed by atoms with Crippen LogP contribution >= 0.6 is 0 Å². The zero-order valence-corrected chi connectivity index (χ0v) is 18.5. The number of halogens is 3. The molecule has 3 rings (SSSR count). The van der Waals surface area contributed by atoms with Crippen LogP contribution < -0.4 is 10.9 Å². The number of nitrogens with zero attached hydrogens (tertiary/aromatic N) is 4. The molecule has 1 amide bonds. The van der Waals surface area contributed by atoms with Crippen LogP contribution in [0.4, 0.5) is 13.2 Å². The van der Waals surface area contributed by atoms with E-state index in [4.69, 9.17) is 0 Å². The van der Waals surface area contributed by atoms with Crippen molar-refractivity contribution in [3.8, 4) is 0 Å². The number of carbonyl (C=O) groups excluding carboxylic acids is 1. The van der Waals surface area contributed by atoms with Gasteiger partial charge in [0.2, 0.25) is 11.6 Å². The molecule has 0 radical (unpaired) electrons. The summed E-state index contributed by atoms with van der Waals surface area (Å²) in [5, 5.41) is 2.76. The highest BCUT2D eigenvalue weighted by Gasteiger charge is 2.38. The lowest BCUT2D eigenvalue weighted by atomic mass is 10.2. The predicted molar refractivity (Wildman–Crippen MR) is 117 cm³/mol. The average Bonchev–Trinajstić information content (AvgIpc) is 2.76. The van der Waals surface area contributed by atoms with Gasteiger partial charge < -0.3 is 15.1 Å². The molecule has 2 heterocycles. The van der Waals surface area contributed by atoms with Crippen LogP contribution in [-0.2, 0) is 11.0 Å². The first-order valence-electron chi connectivity index (χ1n) is 11.0. The second-order valence-corrected chi connectivity index (χ2v) is 8.13. The Bertz CT molecular complexity index is 984.